The summed E-state index contributed by atoms with van der Waals surface area (Å²) in [5.41, 5.74) is 1.69. The molecule has 0 saturated heterocycles. The second kappa shape index (κ2) is 11.0. The maximum absolute atomic E-state index is 14.3. The summed E-state index contributed by atoms with van der Waals surface area (Å²) in [4.78, 5) is 17.6. The SMILES string of the molecule is CC(C)(O)C(F)CNC(=O)c1cnc(-c2ccc3cc(C#N)cnn23)cc1NC1CC(CNc2nnc(C3CC3)o2)C1. The number of carbonyl (C=O) groups excluding carboxylic acids is 1. The molecule has 2 saturated carbocycles. The van der Waals surface area contributed by atoms with Crippen LogP contribution in [0.25, 0.3) is 16.9 Å². The molecule has 0 bridgehead atoms. The Bertz CT molecular complexity index is 1640. The second-order valence-electron chi connectivity index (χ2n) is 11.6. The van der Waals surface area contributed by atoms with E-state index in [4.69, 9.17) is 4.42 Å². The van der Waals surface area contributed by atoms with E-state index < -0.39 is 17.7 Å². The molecule has 6 rings (SSSR count). The number of halogens is 1. The molecule has 1 amide bonds. The van der Waals surface area contributed by atoms with Crippen LogP contribution >= 0.6 is 0 Å². The van der Waals surface area contributed by atoms with E-state index in [1.54, 1.807) is 16.6 Å². The van der Waals surface area contributed by atoms with Gasteiger partial charge in [0.1, 0.15) is 12.2 Å². The molecule has 13 heteroatoms. The van der Waals surface area contributed by atoms with Crippen LogP contribution in [-0.2, 0) is 0 Å². The fraction of sp³-hybridized carbons (Fsp3) is 0.448. The quantitative estimate of drug-likeness (QED) is 0.208. The molecule has 218 valence electrons. The van der Waals surface area contributed by atoms with E-state index in [2.05, 4.69) is 42.3 Å². The molecule has 42 heavy (non-hydrogen) atoms. The van der Waals surface area contributed by atoms with Gasteiger partial charge in [-0.05, 0) is 69.7 Å². The van der Waals surface area contributed by atoms with Gasteiger partial charge in [-0.1, -0.05) is 5.10 Å². The predicted octanol–water partition coefficient (Wildman–Crippen LogP) is 3.67. The number of carbonyl (C=O) groups is 1. The number of nitriles is 1. The van der Waals surface area contributed by atoms with E-state index >= 15 is 0 Å². The first-order valence-electron chi connectivity index (χ1n) is 14.0. The minimum atomic E-state index is -1.64. The van der Waals surface area contributed by atoms with E-state index in [-0.39, 0.29) is 18.2 Å². The van der Waals surface area contributed by atoms with Crippen molar-refractivity contribution in [3.63, 3.8) is 0 Å². The average Bonchev–Trinajstić information content (AvgIpc) is 3.54. The minimum Gasteiger partial charge on any atom is -0.408 e. The van der Waals surface area contributed by atoms with Gasteiger partial charge in [0.25, 0.3) is 5.91 Å². The fourth-order valence-corrected chi connectivity index (χ4v) is 4.95. The summed E-state index contributed by atoms with van der Waals surface area (Å²) in [6.45, 7) is 3.07. The predicted molar refractivity (Wildman–Crippen MR) is 152 cm³/mol. The molecule has 0 spiro atoms. The fourth-order valence-electron chi connectivity index (χ4n) is 4.95. The minimum absolute atomic E-state index is 0.106. The van der Waals surface area contributed by atoms with Crippen LogP contribution in [0.5, 0.6) is 0 Å². The molecule has 4 N–H and O–H groups in total. The number of fused-ring (bicyclic) bond motifs is 1. The summed E-state index contributed by atoms with van der Waals surface area (Å²) in [6, 6.07) is 9.84. The smallest absolute Gasteiger partial charge is 0.315 e. The van der Waals surface area contributed by atoms with Crippen LogP contribution < -0.4 is 16.0 Å². The van der Waals surface area contributed by atoms with Gasteiger partial charge in [-0.3, -0.25) is 9.78 Å². The van der Waals surface area contributed by atoms with Crippen molar-refractivity contribution in [1.82, 2.24) is 30.1 Å². The van der Waals surface area contributed by atoms with Crippen molar-refractivity contribution in [2.24, 2.45) is 5.92 Å². The van der Waals surface area contributed by atoms with Gasteiger partial charge < -0.3 is 25.5 Å². The number of rotatable bonds is 11. The second-order valence-corrected chi connectivity index (χ2v) is 11.6. The van der Waals surface area contributed by atoms with Crippen molar-refractivity contribution in [1.29, 1.82) is 5.26 Å². The van der Waals surface area contributed by atoms with Gasteiger partial charge >= 0.3 is 6.01 Å². The molecular weight excluding hydrogens is 541 g/mol. The van der Waals surface area contributed by atoms with E-state index in [9.17, 15) is 19.6 Å². The van der Waals surface area contributed by atoms with Gasteiger partial charge in [0.05, 0.1) is 52.1 Å². The van der Waals surface area contributed by atoms with E-state index in [0.29, 0.717) is 52.9 Å². The van der Waals surface area contributed by atoms with E-state index in [1.807, 2.05) is 12.1 Å². The topological polar surface area (TPSA) is 166 Å². The molecule has 2 fully saturated rings. The highest BCUT2D eigenvalue weighted by Gasteiger charge is 2.32. The number of hydrogen-bond donors (Lipinski definition) is 4. The molecular formula is C29H32FN9O3. The molecule has 1 unspecified atom stereocenters. The summed E-state index contributed by atoms with van der Waals surface area (Å²) < 4.78 is 21.7. The lowest BCUT2D eigenvalue weighted by molar-refractivity contribution is -0.00177. The lowest BCUT2D eigenvalue weighted by atomic mass is 9.80. The number of nitrogens with one attached hydrogen (secondary N) is 3. The maximum Gasteiger partial charge on any atom is 0.315 e. The maximum atomic E-state index is 14.3. The molecule has 1 atom stereocenters. The van der Waals surface area contributed by atoms with Crippen LogP contribution in [0.4, 0.5) is 16.1 Å². The number of aliphatic hydroxyl groups is 1. The highest BCUT2D eigenvalue weighted by Crippen LogP contribution is 2.39. The zero-order valence-corrected chi connectivity index (χ0v) is 23.3. The normalized spacial score (nSPS) is 19.1. The summed E-state index contributed by atoms with van der Waals surface area (Å²) in [6.07, 6.45) is 5.21. The van der Waals surface area contributed by atoms with Crippen LogP contribution in [0.15, 0.2) is 41.1 Å². The van der Waals surface area contributed by atoms with Crippen LogP contribution in [0.2, 0.25) is 0 Å². The van der Waals surface area contributed by atoms with Gasteiger partial charge in [-0.2, -0.15) is 10.4 Å². The molecule has 4 aromatic rings. The van der Waals surface area contributed by atoms with E-state index in [1.165, 1.54) is 26.2 Å². The first-order valence-corrected chi connectivity index (χ1v) is 14.0. The van der Waals surface area contributed by atoms with Crippen molar-refractivity contribution < 1.29 is 18.7 Å². The van der Waals surface area contributed by atoms with Crippen LogP contribution in [0, 0.1) is 17.2 Å². The van der Waals surface area contributed by atoms with Gasteiger partial charge in [-0.25, -0.2) is 8.91 Å². The molecule has 2 aliphatic rings. The lowest BCUT2D eigenvalue weighted by Gasteiger charge is -2.36. The van der Waals surface area contributed by atoms with Gasteiger partial charge in [0.15, 0.2) is 0 Å². The van der Waals surface area contributed by atoms with Crippen molar-refractivity contribution in [3.8, 4) is 17.5 Å². The highest BCUT2D eigenvalue weighted by atomic mass is 19.1. The Balaban J connectivity index is 1.17. The number of amides is 1. The Kier molecular flexibility index (Phi) is 7.24. The molecule has 0 aliphatic heterocycles. The third kappa shape index (κ3) is 5.89. The Morgan fingerprint density at radius 3 is 2.81 bits per heavy atom. The molecule has 4 aromatic heterocycles. The highest BCUT2D eigenvalue weighted by molar-refractivity contribution is 6.00. The van der Waals surface area contributed by atoms with Crippen molar-refractivity contribution in [3.05, 3.63) is 53.7 Å². The number of anilines is 2. The first kappa shape index (κ1) is 27.6. The number of alkyl halides is 1. The number of aromatic nitrogens is 5. The molecule has 0 radical (unpaired) electrons. The van der Waals surface area contributed by atoms with Gasteiger partial charge in [0.2, 0.25) is 5.89 Å². The van der Waals surface area contributed by atoms with Crippen LogP contribution in [0.3, 0.4) is 0 Å². The standard InChI is InChI=1S/C29H32FN9O3/c1-29(2,41)25(30)15-33-26(40)21-14-32-23(24-6-5-20-9-17(11-31)13-35-39(20)24)10-22(21)36-19-7-16(8-19)12-34-28-38-37-27(42-28)18-3-4-18/h5-6,9-10,13-14,16,18-19,25,41H,3-4,7-8,12,15H2,1-2H3,(H,32,36)(H,33,40)(H,34,38). The average molecular weight is 574 g/mol. The van der Waals surface area contributed by atoms with Crippen molar-refractivity contribution in [2.45, 2.75) is 63.3 Å². The summed E-state index contributed by atoms with van der Waals surface area (Å²) >= 11 is 0. The summed E-state index contributed by atoms with van der Waals surface area (Å²) in [5.74, 6) is 0.983. The lowest BCUT2D eigenvalue weighted by Crippen LogP contribution is -2.42. The number of nitrogens with zero attached hydrogens (tertiary/aromatic N) is 6. The Labute approximate surface area is 241 Å². The Morgan fingerprint density at radius 1 is 1.26 bits per heavy atom. The molecule has 12 nitrogen and oxygen atoms in total. The zero-order valence-electron chi connectivity index (χ0n) is 23.3. The monoisotopic (exact) mass is 573 g/mol. The number of hydrogen-bond acceptors (Lipinski definition) is 10. The molecule has 2 aliphatic carbocycles. The van der Waals surface area contributed by atoms with Gasteiger partial charge in [-0.15, -0.1) is 5.10 Å². The summed E-state index contributed by atoms with van der Waals surface area (Å²) in [7, 11) is 0. The van der Waals surface area contributed by atoms with E-state index in [0.717, 1.165) is 31.2 Å². The largest absolute Gasteiger partial charge is 0.408 e. The Morgan fingerprint density at radius 2 is 2.07 bits per heavy atom. The number of pyridine rings is 1. The van der Waals surface area contributed by atoms with Gasteiger partial charge in [0, 0.05) is 24.7 Å². The Hall–Kier alpha value is -4.57. The first-order chi connectivity index (χ1) is 20.2. The zero-order chi connectivity index (χ0) is 29.4. The third-order valence-corrected chi connectivity index (χ3v) is 7.75. The molecule has 0 aromatic carbocycles. The van der Waals surface area contributed by atoms with Crippen LogP contribution in [-0.4, -0.2) is 66.7 Å². The molecule has 4 heterocycles. The van der Waals surface area contributed by atoms with Crippen molar-refractivity contribution in [2.75, 3.05) is 23.7 Å². The third-order valence-electron chi connectivity index (χ3n) is 7.75. The summed E-state index contributed by atoms with van der Waals surface area (Å²) in [5, 5.41) is 40.9. The van der Waals surface area contributed by atoms with Crippen molar-refractivity contribution >= 4 is 23.1 Å². The van der Waals surface area contributed by atoms with Crippen LogP contribution in [0.1, 0.15) is 67.3 Å².